The van der Waals surface area contributed by atoms with Crippen LogP contribution in [0.5, 0.6) is 0 Å². The number of rotatable bonds is 4. The molecule has 1 fully saturated rings. The number of esters is 1. The average Bonchev–Trinajstić information content (AvgIpc) is 2.79. The van der Waals surface area contributed by atoms with E-state index in [1.54, 1.807) is 19.1 Å². The predicted molar refractivity (Wildman–Crippen MR) is 79.3 cm³/mol. The molecule has 5 nitrogen and oxygen atoms in total. The molecule has 2 rings (SSSR count). The summed E-state index contributed by atoms with van der Waals surface area (Å²) >= 11 is 6.23. The number of nitrogen functional groups attached to an aromatic ring is 1. The largest absolute Gasteiger partial charge is 0.462 e. The van der Waals surface area contributed by atoms with Crippen LogP contribution in [0.2, 0.25) is 5.02 Å². The van der Waals surface area contributed by atoms with Gasteiger partial charge in [-0.25, -0.2) is 4.79 Å². The summed E-state index contributed by atoms with van der Waals surface area (Å²) < 4.78 is 10.4. The topological polar surface area (TPSA) is 73.6 Å². The van der Waals surface area contributed by atoms with Crippen LogP contribution in [0, 0.1) is 0 Å². The maximum atomic E-state index is 12.0. The van der Waals surface area contributed by atoms with E-state index < -0.39 is 5.97 Å². The molecule has 1 aromatic rings. The minimum absolute atomic E-state index is 0.249. The van der Waals surface area contributed by atoms with Crippen molar-refractivity contribution in [2.45, 2.75) is 25.8 Å². The Morgan fingerprint density at radius 2 is 2.35 bits per heavy atom. The van der Waals surface area contributed by atoms with Gasteiger partial charge in [-0.3, -0.25) is 0 Å². The summed E-state index contributed by atoms with van der Waals surface area (Å²) in [7, 11) is 0. The minimum Gasteiger partial charge on any atom is -0.462 e. The normalized spacial score (nSPS) is 21.8. The molecule has 0 saturated carbocycles. The molecular formula is C14H19ClN2O3. The molecule has 3 N–H and O–H groups in total. The van der Waals surface area contributed by atoms with Crippen LogP contribution in [0.25, 0.3) is 0 Å². The number of benzene rings is 1. The maximum absolute atomic E-state index is 12.0. The van der Waals surface area contributed by atoms with Crippen LogP contribution in [-0.2, 0) is 9.47 Å². The number of ether oxygens (including phenoxy) is 2. The lowest BCUT2D eigenvalue weighted by Gasteiger charge is -2.27. The van der Waals surface area contributed by atoms with Crippen LogP contribution >= 0.6 is 11.6 Å². The van der Waals surface area contributed by atoms with Gasteiger partial charge in [-0.2, -0.15) is 0 Å². The summed E-state index contributed by atoms with van der Waals surface area (Å²) in [5.74, 6) is -0.438. The number of anilines is 2. The first-order valence-electron chi connectivity index (χ1n) is 6.57. The number of nitrogens with one attached hydrogen (secondary N) is 1. The van der Waals surface area contributed by atoms with Crippen molar-refractivity contribution in [3.05, 3.63) is 22.7 Å². The second kappa shape index (κ2) is 5.89. The molecular weight excluding hydrogens is 280 g/mol. The Morgan fingerprint density at radius 1 is 1.60 bits per heavy atom. The highest BCUT2D eigenvalue weighted by atomic mass is 35.5. The molecule has 0 spiro atoms. The van der Waals surface area contributed by atoms with Crippen molar-refractivity contribution in [1.29, 1.82) is 0 Å². The molecule has 1 saturated heterocycles. The maximum Gasteiger partial charge on any atom is 0.340 e. The summed E-state index contributed by atoms with van der Waals surface area (Å²) in [6, 6.07) is 3.19. The summed E-state index contributed by atoms with van der Waals surface area (Å²) in [6.07, 6.45) is 0.843. The molecule has 0 aromatic heterocycles. The third-order valence-electron chi connectivity index (χ3n) is 3.25. The zero-order valence-corrected chi connectivity index (χ0v) is 12.4. The fraction of sp³-hybridized carbons (Fsp3) is 0.500. The van der Waals surface area contributed by atoms with E-state index in [2.05, 4.69) is 5.32 Å². The molecule has 1 aliphatic heterocycles. The smallest absolute Gasteiger partial charge is 0.340 e. The van der Waals surface area contributed by atoms with E-state index in [-0.39, 0.29) is 5.54 Å². The van der Waals surface area contributed by atoms with Gasteiger partial charge in [-0.05, 0) is 32.4 Å². The first-order chi connectivity index (χ1) is 9.45. The number of hydrogen-bond donors (Lipinski definition) is 2. The molecule has 0 bridgehead atoms. The monoisotopic (exact) mass is 298 g/mol. The van der Waals surface area contributed by atoms with Crippen LogP contribution in [0.3, 0.4) is 0 Å². The van der Waals surface area contributed by atoms with Crippen molar-refractivity contribution >= 4 is 28.9 Å². The van der Waals surface area contributed by atoms with E-state index in [4.69, 9.17) is 26.8 Å². The van der Waals surface area contributed by atoms with Crippen LogP contribution in [0.4, 0.5) is 11.4 Å². The zero-order valence-electron chi connectivity index (χ0n) is 11.7. The van der Waals surface area contributed by atoms with Crippen LogP contribution < -0.4 is 11.1 Å². The van der Waals surface area contributed by atoms with E-state index in [0.717, 1.165) is 6.42 Å². The lowest BCUT2D eigenvalue weighted by Crippen LogP contribution is -2.35. The predicted octanol–water partition coefficient (Wildman–Crippen LogP) is 2.69. The summed E-state index contributed by atoms with van der Waals surface area (Å²) in [4.78, 5) is 12.0. The van der Waals surface area contributed by atoms with Gasteiger partial charge in [0.25, 0.3) is 0 Å². The fourth-order valence-electron chi connectivity index (χ4n) is 2.19. The van der Waals surface area contributed by atoms with Gasteiger partial charge >= 0.3 is 5.97 Å². The summed E-state index contributed by atoms with van der Waals surface area (Å²) in [5, 5.41) is 3.71. The van der Waals surface area contributed by atoms with Gasteiger partial charge in [0.15, 0.2) is 0 Å². The molecule has 6 heteroatoms. The molecule has 20 heavy (non-hydrogen) atoms. The molecule has 1 aliphatic rings. The number of nitrogens with two attached hydrogens (primary N) is 1. The van der Waals surface area contributed by atoms with Crippen molar-refractivity contribution in [2.24, 2.45) is 0 Å². The number of halogens is 1. The Kier molecular flexibility index (Phi) is 4.40. The number of carbonyl (C=O) groups excluding carboxylic acids is 1. The number of carbonyl (C=O) groups is 1. The molecule has 1 aromatic carbocycles. The van der Waals surface area contributed by atoms with E-state index in [1.807, 2.05) is 6.92 Å². The average molecular weight is 299 g/mol. The molecule has 0 radical (unpaired) electrons. The van der Waals surface area contributed by atoms with Gasteiger partial charge in [0, 0.05) is 12.3 Å². The Balaban J connectivity index is 2.37. The van der Waals surface area contributed by atoms with Gasteiger partial charge in [-0.15, -0.1) is 0 Å². The number of hydrogen-bond acceptors (Lipinski definition) is 5. The van der Waals surface area contributed by atoms with Gasteiger partial charge in [-0.1, -0.05) is 11.6 Å². The van der Waals surface area contributed by atoms with E-state index >= 15 is 0 Å². The molecule has 1 atom stereocenters. The minimum atomic E-state index is -0.438. The Morgan fingerprint density at radius 3 is 2.95 bits per heavy atom. The van der Waals surface area contributed by atoms with Gasteiger partial charge in [0.2, 0.25) is 0 Å². The van der Waals surface area contributed by atoms with Crippen LogP contribution in [0.1, 0.15) is 30.6 Å². The SMILES string of the molecule is CCOC(=O)c1cc(N)cc(Cl)c1NC1(C)CCOC1. The second-order valence-corrected chi connectivity index (χ2v) is 5.54. The Hall–Kier alpha value is -1.46. The van der Waals surface area contributed by atoms with Gasteiger partial charge in [0.05, 0.1) is 35.0 Å². The first kappa shape index (κ1) is 14.9. The third-order valence-corrected chi connectivity index (χ3v) is 3.55. The summed E-state index contributed by atoms with van der Waals surface area (Å²) in [6.45, 7) is 5.33. The van der Waals surface area contributed by atoms with E-state index in [1.165, 1.54) is 0 Å². The van der Waals surface area contributed by atoms with Crippen molar-refractivity contribution in [3.8, 4) is 0 Å². The summed E-state index contributed by atoms with van der Waals surface area (Å²) in [5.41, 5.74) is 6.84. The zero-order chi connectivity index (χ0) is 14.8. The lowest BCUT2D eigenvalue weighted by atomic mass is 10.00. The highest BCUT2D eigenvalue weighted by Gasteiger charge is 2.31. The van der Waals surface area contributed by atoms with Crippen molar-refractivity contribution in [2.75, 3.05) is 30.9 Å². The van der Waals surface area contributed by atoms with E-state index in [0.29, 0.717) is 41.8 Å². The fourth-order valence-corrected chi connectivity index (χ4v) is 2.47. The molecule has 0 amide bonds. The van der Waals surface area contributed by atoms with Crippen LogP contribution in [0.15, 0.2) is 12.1 Å². The van der Waals surface area contributed by atoms with Crippen molar-refractivity contribution in [3.63, 3.8) is 0 Å². The second-order valence-electron chi connectivity index (χ2n) is 5.13. The van der Waals surface area contributed by atoms with Gasteiger partial charge in [0.1, 0.15) is 0 Å². The van der Waals surface area contributed by atoms with E-state index in [9.17, 15) is 4.79 Å². The standard InChI is InChI=1S/C14H19ClN2O3/c1-3-20-13(18)10-6-9(16)7-11(15)12(10)17-14(2)4-5-19-8-14/h6-7,17H,3-5,8,16H2,1-2H3. The third kappa shape index (κ3) is 3.16. The highest BCUT2D eigenvalue weighted by molar-refractivity contribution is 6.34. The first-order valence-corrected chi connectivity index (χ1v) is 6.95. The molecule has 110 valence electrons. The highest BCUT2D eigenvalue weighted by Crippen LogP contribution is 2.34. The molecule has 0 aliphatic carbocycles. The molecule has 1 unspecified atom stereocenters. The van der Waals surface area contributed by atoms with Crippen molar-refractivity contribution in [1.82, 2.24) is 0 Å². The lowest BCUT2D eigenvalue weighted by molar-refractivity contribution is 0.0527. The van der Waals surface area contributed by atoms with Gasteiger partial charge < -0.3 is 20.5 Å². The Bertz CT molecular complexity index is 513. The van der Waals surface area contributed by atoms with Crippen LogP contribution in [-0.4, -0.2) is 31.3 Å². The quantitative estimate of drug-likeness (QED) is 0.660. The van der Waals surface area contributed by atoms with Crippen molar-refractivity contribution < 1.29 is 14.3 Å². The molecule has 1 heterocycles. The Labute approximate surface area is 123 Å².